The first kappa shape index (κ1) is 16.4. The Morgan fingerprint density at radius 2 is 1.74 bits per heavy atom. The molecule has 0 unspecified atom stereocenters. The summed E-state index contributed by atoms with van der Waals surface area (Å²) >= 11 is 0. The van der Waals surface area contributed by atoms with Gasteiger partial charge in [-0.15, -0.1) is 0 Å². The molecule has 0 aliphatic heterocycles. The Hall–Kier alpha value is -2.95. The molecule has 0 aliphatic carbocycles. The molecule has 0 saturated carbocycles. The quantitative estimate of drug-likeness (QED) is 0.460. The van der Waals surface area contributed by atoms with Gasteiger partial charge in [0.2, 0.25) is 5.88 Å². The van der Waals surface area contributed by atoms with Gasteiger partial charge in [-0.3, -0.25) is 0 Å². The Labute approximate surface area is 135 Å². The predicted octanol–water partition coefficient (Wildman–Crippen LogP) is 3.43. The van der Waals surface area contributed by atoms with Crippen molar-refractivity contribution in [2.24, 2.45) is 0 Å². The largest absolute Gasteiger partial charge is 0.478 e. The lowest BCUT2D eigenvalue weighted by Crippen LogP contribution is -2.19. The Morgan fingerprint density at radius 3 is 2.39 bits per heavy atom. The van der Waals surface area contributed by atoms with Crippen LogP contribution in [0.4, 0.5) is 0 Å². The zero-order valence-corrected chi connectivity index (χ0v) is 13.0. The van der Waals surface area contributed by atoms with Crippen LogP contribution in [0.1, 0.15) is 22.8 Å². The van der Waals surface area contributed by atoms with E-state index in [1.165, 1.54) is 0 Å². The maximum atomic E-state index is 12.0. The number of rotatable bonds is 8. The molecule has 0 aromatic heterocycles. The molecule has 0 bridgehead atoms. The predicted molar refractivity (Wildman–Crippen MR) is 86.5 cm³/mol. The van der Waals surface area contributed by atoms with E-state index in [-0.39, 0.29) is 12.6 Å². The molecule has 120 valence electrons. The molecule has 0 radical (unpaired) electrons. The van der Waals surface area contributed by atoms with Crippen molar-refractivity contribution in [2.75, 3.05) is 6.61 Å². The first-order valence-corrected chi connectivity index (χ1v) is 7.24. The molecule has 1 N–H and O–H groups in total. The lowest BCUT2D eigenvalue weighted by atomic mass is 10.2. The first-order chi connectivity index (χ1) is 11.2. The summed E-state index contributed by atoms with van der Waals surface area (Å²) < 4.78 is 10.3. The van der Waals surface area contributed by atoms with Gasteiger partial charge in [-0.05, 0) is 43.3 Å². The summed E-state index contributed by atoms with van der Waals surface area (Å²) in [5.74, 6) is 0.469. The topological polar surface area (TPSA) is 56.8 Å². The molecule has 2 rings (SSSR count). The van der Waals surface area contributed by atoms with Crippen molar-refractivity contribution in [1.29, 1.82) is 0 Å². The van der Waals surface area contributed by atoms with Crippen LogP contribution in [0.3, 0.4) is 0 Å². The van der Waals surface area contributed by atoms with Crippen molar-refractivity contribution in [3.8, 4) is 5.75 Å². The van der Waals surface area contributed by atoms with E-state index >= 15 is 0 Å². The maximum absolute atomic E-state index is 12.0. The number of ether oxygens (including phenoxy) is 2. The lowest BCUT2D eigenvalue weighted by molar-refractivity contribution is 0.0472. The second-order valence-electron chi connectivity index (χ2n) is 4.65. The Balaban J connectivity index is 1.83. The van der Waals surface area contributed by atoms with E-state index in [0.29, 0.717) is 23.8 Å². The van der Waals surface area contributed by atoms with Gasteiger partial charge < -0.3 is 14.3 Å². The Bertz CT molecular complexity index is 638. The normalized spacial score (nSPS) is 9.78. The highest BCUT2D eigenvalue weighted by molar-refractivity contribution is 5.89. The molecule has 0 heterocycles. The monoisotopic (exact) mass is 313 g/mol. The van der Waals surface area contributed by atoms with Gasteiger partial charge in [0.15, 0.2) is 5.75 Å². The summed E-state index contributed by atoms with van der Waals surface area (Å²) in [6, 6.07) is 16.1. The van der Waals surface area contributed by atoms with E-state index in [1.54, 1.807) is 24.3 Å². The Kier molecular flexibility index (Phi) is 6.06. The summed E-state index contributed by atoms with van der Waals surface area (Å²) in [7, 11) is 0. The van der Waals surface area contributed by atoms with Gasteiger partial charge >= 0.3 is 5.97 Å². The molecular weight excluding hydrogens is 294 g/mol. The van der Waals surface area contributed by atoms with Gasteiger partial charge in [-0.25, -0.2) is 4.79 Å². The second kappa shape index (κ2) is 8.48. The molecule has 0 aliphatic rings. The highest BCUT2D eigenvalue weighted by Gasteiger charge is 2.07. The first-order valence-electron chi connectivity index (χ1n) is 7.24. The van der Waals surface area contributed by atoms with Crippen LogP contribution in [0.2, 0.25) is 0 Å². The van der Waals surface area contributed by atoms with Crippen LogP contribution in [-0.2, 0) is 16.1 Å². The van der Waals surface area contributed by atoms with Crippen molar-refractivity contribution in [3.05, 3.63) is 78.2 Å². The summed E-state index contributed by atoms with van der Waals surface area (Å²) in [6.07, 6.45) is 0. The van der Waals surface area contributed by atoms with Crippen LogP contribution >= 0.6 is 0 Å². The zero-order valence-electron chi connectivity index (χ0n) is 13.0. The Morgan fingerprint density at radius 1 is 1.04 bits per heavy atom. The van der Waals surface area contributed by atoms with Crippen LogP contribution in [0.25, 0.3) is 0 Å². The van der Waals surface area contributed by atoms with Crippen LogP contribution in [0, 0.1) is 0 Å². The fraction of sp³-hybridized carbons (Fsp3) is 0.167. The van der Waals surface area contributed by atoms with Crippen LogP contribution in [0.5, 0.6) is 5.75 Å². The summed E-state index contributed by atoms with van der Waals surface area (Å²) in [6.45, 7) is 6.22. The zero-order chi connectivity index (χ0) is 16.5. The molecule has 0 saturated heterocycles. The number of nitrogens with one attached hydrogen (secondary N) is 1. The van der Waals surface area contributed by atoms with Crippen molar-refractivity contribution in [2.45, 2.75) is 13.5 Å². The minimum absolute atomic E-state index is 0.244. The van der Waals surface area contributed by atoms with E-state index in [2.05, 4.69) is 12.1 Å². The van der Waals surface area contributed by atoms with E-state index in [9.17, 15) is 4.79 Å². The average molecular weight is 313 g/mol. The van der Waals surface area contributed by atoms with Crippen LogP contribution < -0.4 is 10.3 Å². The molecular formula is C18H19NO4. The highest BCUT2D eigenvalue weighted by atomic mass is 16.7. The van der Waals surface area contributed by atoms with Gasteiger partial charge in [0.25, 0.3) is 0 Å². The number of hydroxylamine groups is 1. The van der Waals surface area contributed by atoms with Crippen molar-refractivity contribution in [1.82, 2.24) is 5.48 Å². The SMILES string of the molecule is C=C(NOc1ccc(C(=O)OCc2ccccc2)cc1)OCC. The lowest BCUT2D eigenvalue weighted by Gasteiger charge is -2.11. The number of carbonyl (C=O) groups excluding carboxylic acids is 1. The maximum Gasteiger partial charge on any atom is 0.338 e. The number of benzene rings is 2. The number of carbonyl (C=O) groups is 1. The second-order valence-corrected chi connectivity index (χ2v) is 4.65. The van der Waals surface area contributed by atoms with Gasteiger partial charge in [0, 0.05) is 0 Å². The van der Waals surface area contributed by atoms with Crippen LogP contribution in [-0.4, -0.2) is 12.6 Å². The van der Waals surface area contributed by atoms with Gasteiger partial charge in [0.1, 0.15) is 6.61 Å². The highest BCUT2D eigenvalue weighted by Crippen LogP contribution is 2.13. The molecule has 0 spiro atoms. The number of hydrogen-bond donors (Lipinski definition) is 1. The number of esters is 1. The fourth-order valence-electron chi connectivity index (χ4n) is 1.79. The third kappa shape index (κ3) is 5.39. The minimum Gasteiger partial charge on any atom is -0.478 e. The molecule has 0 amide bonds. The van der Waals surface area contributed by atoms with Crippen molar-refractivity contribution < 1.29 is 19.1 Å². The van der Waals surface area contributed by atoms with Crippen molar-refractivity contribution >= 4 is 5.97 Å². The molecule has 23 heavy (non-hydrogen) atoms. The van der Waals surface area contributed by atoms with Crippen LogP contribution in [0.15, 0.2) is 67.1 Å². The molecule has 0 atom stereocenters. The van der Waals surface area contributed by atoms with E-state index in [4.69, 9.17) is 14.3 Å². The smallest absolute Gasteiger partial charge is 0.338 e. The minimum atomic E-state index is -0.382. The fourth-order valence-corrected chi connectivity index (χ4v) is 1.79. The summed E-state index contributed by atoms with van der Waals surface area (Å²) in [5, 5.41) is 0. The molecule has 2 aromatic rings. The third-order valence-corrected chi connectivity index (χ3v) is 2.90. The molecule has 0 fully saturated rings. The molecule has 5 heteroatoms. The van der Waals surface area contributed by atoms with Gasteiger partial charge in [-0.1, -0.05) is 30.3 Å². The summed E-state index contributed by atoms with van der Waals surface area (Å²) in [4.78, 5) is 17.2. The average Bonchev–Trinajstić information content (AvgIpc) is 2.59. The summed E-state index contributed by atoms with van der Waals surface area (Å²) in [5.41, 5.74) is 3.96. The van der Waals surface area contributed by atoms with Crippen molar-refractivity contribution in [3.63, 3.8) is 0 Å². The third-order valence-electron chi connectivity index (χ3n) is 2.90. The van der Waals surface area contributed by atoms with E-state index < -0.39 is 0 Å². The molecule has 2 aromatic carbocycles. The standard InChI is InChI=1S/C18H19NO4/c1-3-21-14(2)19-23-17-11-9-16(10-12-17)18(20)22-13-15-7-5-4-6-8-15/h4-12,19H,2-3,13H2,1H3. The molecule has 5 nitrogen and oxygen atoms in total. The van der Waals surface area contributed by atoms with E-state index in [0.717, 1.165) is 5.56 Å². The van der Waals surface area contributed by atoms with Gasteiger partial charge in [-0.2, -0.15) is 5.48 Å². The number of hydrogen-bond acceptors (Lipinski definition) is 5. The van der Waals surface area contributed by atoms with Gasteiger partial charge in [0.05, 0.1) is 12.2 Å². The van der Waals surface area contributed by atoms with E-state index in [1.807, 2.05) is 37.3 Å².